The Labute approximate surface area is 136 Å². The third kappa shape index (κ3) is 2.24. The molecule has 0 aliphatic carbocycles. The van der Waals surface area contributed by atoms with Crippen molar-refractivity contribution in [2.45, 2.75) is 0 Å². The van der Waals surface area contributed by atoms with Gasteiger partial charge in [0.25, 0.3) is 0 Å². The molecule has 7 heteroatoms. The fourth-order valence-corrected chi connectivity index (χ4v) is 2.76. The zero-order chi connectivity index (χ0) is 16.0. The number of nitrogens with zero attached hydrogens (tertiary/aromatic N) is 4. The molecule has 0 spiro atoms. The number of benzene rings is 1. The minimum absolute atomic E-state index is 0.211. The number of rotatable bonds is 2. The van der Waals surface area contributed by atoms with Crippen molar-refractivity contribution in [3.63, 3.8) is 0 Å². The lowest BCUT2D eigenvalue weighted by molar-refractivity contribution is 0.768. The van der Waals surface area contributed by atoms with E-state index < -0.39 is 0 Å². The molecule has 0 bridgehead atoms. The first-order valence-electron chi connectivity index (χ1n) is 6.98. The van der Waals surface area contributed by atoms with Crippen LogP contribution in [0.1, 0.15) is 0 Å². The van der Waals surface area contributed by atoms with E-state index in [1.807, 2.05) is 25.4 Å². The Morgan fingerprint density at radius 2 is 1.96 bits per heavy atom. The van der Waals surface area contributed by atoms with Crippen molar-refractivity contribution in [1.29, 1.82) is 0 Å². The number of H-pyrrole nitrogens is 1. The van der Waals surface area contributed by atoms with Crippen molar-refractivity contribution in [3.8, 4) is 22.5 Å². The molecule has 23 heavy (non-hydrogen) atoms. The minimum atomic E-state index is -0.211. The van der Waals surface area contributed by atoms with Gasteiger partial charge < -0.3 is 4.98 Å². The van der Waals surface area contributed by atoms with Crippen molar-refractivity contribution in [3.05, 3.63) is 64.6 Å². The summed E-state index contributed by atoms with van der Waals surface area (Å²) in [6.45, 7) is 0. The van der Waals surface area contributed by atoms with Gasteiger partial charge in [-0.25, -0.2) is 4.79 Å². The normalized spacial score (nSPS) is 11.2. The number of fused-ring (bicyclic) bond motifs is 1. The van der Waals surface area contributed by atoms with Gasteiger partial charge in [0.2, 0.25) is 0 Å². The van der Waals surface area contributed by atoms with Gasteiger partial charge in [-0.1, -0.05) is 23.7 Å². The van der Waals surface area contributed by atoms with Crippen LogP contribution in [-0.2, 0) is 7.05 Å². The molecule has 3 aromatic heterocycles. The van der Waals surface area contributed by atoms with E-state index in [0.29, 0.717) is 21.9 Å². The summed E-state index contributed by atoms with van der Waals surface area (Å²) < 4.78 is 3.26. The van der Waals surface area contributed by atoms with E-state index in [1.54, 1.807) is 39.8 Å². The molecule has 114 valence electrons. The fraction of sp³-hybridized carbons (Fsp3) is 0.0625. The highest BCUT2D eigenvalue weighted by Crippen LogP contribution is 2.29. The van der Waals surface area contributed by atoms with Crippen LogP contribution in [0.15, 0.2) is 53.8 Å². The summed E-state index contributed by atoms with van der Waals surface area (Å²) >= 11 is 5.95. The highest BCUT2D eigenvalue weighted by Gasteiger charge is 2.16. The maximum atomic E-state index is 12.3. The van der Waals surface area contributed by atoms with Crippen LogP contribution in [-0.4, -0.2) is 24.1 Å². The van der Waals surface area contributed by atoms with Crippen LogP contribution in [0.2, 0.25) is 5.02 Å². The van der Waals surface area contributed by atoms with E-state index in [-0.39, 0.29) is 5.69 Å². The monoisotopic (exact) mass is 325 g/mol. The van der Waals surface area contributed by atoms with Crippen LogP contribution in [0.4, 0.5) is 0 Å². The number of aromatic amines is 1. The Morgan fingerprint density at radius 1 is 1.17 bits per heavy atom. The molecule has 3 heterocycles. The van der Waals surface area contributed by atoms with Gasteiger partial charge in [0.1, 0.15) is 5.52 Å². The van der Waals surface area contributed by atoms with Gasteiger partial charge in [-0.2, -0.15) is 5.10 Å². The maximum Gasteiger partial charge on any atom is 0.330 e. The summed E-state index contributed by atoms with van der Waals surface area (Å²) in [5.41, 5.74) is 3.62. The molecular formula is C16H12ClN5O. The van der Waals surface area contributed by atoms with Crippen LogP contribution in [0, 0.1) is 0 Å². The van der Waals surface area contributed by atoms with Gasteiger partial charge in [-0.05, 0) is 12.1 Å². The largest absolute Gasteiger partial charge is 0.330 e. The molecule has 0 aliphatic heterocycles. The standard InChI is InChI=1S/C16H12ClN5O/c1-21-9-11(8-19-21)13-15-14(10-2-4-12(17)5-3-10)20-16(23)22(15)7-6-18-13/h2-9H,1H3,(H,20,23). The van der Waals surface area contributed by atoms with E-state index in [1.165, 1.54) is 0 Å². The van der Waals surface area contributed by atoms with Crippen molar-refractivity contribution in [1.82, 2.24) is 24.1 Å². The number of imidazole rings is 1. The molecule has 4 aromatic rings. The predicted molar refractivity (Wildman–Crippen MR) is 88.5 cm³/mol. The summed E-state index contributed by atoms with van der Waals surface area (Å²) in [6, 6.07) is 7.32. The molecule has 1 aromatic carbocycles. The van der Waals surface area contributed by atoms with Crippen molar-refractivity contribution < 1.29 is 0 Å². The molecular weight excluding hydrogens is 314 g/mol. The lowest BCUT2D eigenvalue weighted by atomic mass is 10.1. The second kappa shape index (κ2) is 5.10. The first kappa shape index (κ1) is 13.8. The molecule has 6 nitrogen and oxygen atoms in total. The van der Waals surface area contributed by atoms with Crippen molar-refractivity contribution in [2.75, 3.05) is 0 Å². The minimum Gasteiger partial charge on any atom is -0.305 e. The Balaban J connectivity index is 2.05. The zero-order valence-corrected chi connectivity index (χ0v) is 12.9. The van der Waals surface area contributed by atoms with Gasteiger partial charge in [0, 0.05) is 41.8 Å². The first-order chi connectivity index (χ1) is 11.1. The summed E-state index contributed by atoms with van der Waals surface area (Å²) in [4.78, 5) is 19.6. The molecule has 0 aliphatic rings. The maximum absolute atomic E-state index is 12.3. The number of aromatic nitrogens is 5. The molecule has 0 saturated carbocycles. The van der Waals surface area contributed by atoms with Crippen LogP contribution in [0.25, 0.3) is 28.0 Å². The molecule has 0 saturated heterocycles. The summed E-state index contributed by atoms with van der Waals surface area (Å²) in [5.74, 6) is 0. The van der Waals surface area contributed by atoms with Crippen LogP contribution in [0.3, 0.4) is 0 Å². The molecule has 0 atom stereocenters. The number of halogens is 1. The third-order valence-electron chi connectivity index (χ3n) is 3.68. The van der Waals surface area contributed by atoms with E-state index in [0.717, 1.165) is 11.1 Å². The quantitative estimate of drug-likeness (QED) is 0.616. The summed E-state index contributed by atoms with van der Waals surface area (Å²) in [6.07, 6.45) is 6.85. The molecule has 4 rings (SSSR count). The smallest absolute Gasteiger partial charge is 0.305 e. The first-order valence-corrected chi connectivity index (χ1v) is 7.35. The third-order valence-corrected chi connectivity index (χ3v) is 3.94. The van der Waals surface area contributed by atoms with Crippen LogP contribution < -0.4 is 5.69 Å². The Morgan fingerprint density at radius 3 is 2.65 bits per heavy atom. The fourth-order valence-electron chi connectivity index (χ4n) is 2.64. The lowest BCUT2D eigenvalue weighted by Crippen LogP contribution is -2.09. The van der Waals surface area contributed by atoms with E-state index in [2.05, 4.69) is 15.1 Å². The van der Waals surface area contributed by atoms with E-state index in [9.17, 15) is 4.79 Å². The Bertz CT molecular complexity index is 1060. The lowest BCUT2D eigenvalue weighted by Gasteiger charge is -2.04. The average molecular weight is 326 g/mol. The second-order valence-corrected chi connectivity index (χ2v) is 5.65. The van der Waals surface area contributed by atoms with E-state index in [4.69, 9.17) is 11.6 Å². The van der Waals surface area contributed by atoms with Gasteiger partial charge in [-0.15, -0.1) is 0 Å². The number of hydrogen-bond acceptors (Lipinski definition) is 3. The molecule has 0 fully saturated rings. The molecule has 0 amide bonds. The Kier molecular flexibility index (Phi) is 3.06. The Hall–Kier alpha value is -2.86. The second-order valence-electron chi connectivity index (χ2n) is 5.21. The number of aryl methyl sites for hydroxylation is 1. The summed E-state index contributed by atoms with van der Waals surface area (Å²) in [5, 5.41) is 4.83. The van der Waals surface area contributed by atoms with Gasteiger partial charge in [-0.3, -0.25) is 14.1 Å². The van der Waals surface area contributed by atoms with Gasteiger partial charge >= 0.3 is 5.69 Å². The zero-order valence-electron chi connectivity index (χ0n) is 12.2. The SMILES string of the molecule is Cn1cc(-c2nccn3c(=O)[nH]c(-c4ccc(Cl)cc4)c23)cn1. The highest BCUT2D eigenvalue weighted by atomic mass is 35.5. The van der Waals surface area contributed by atoms with Gasteiger partial charge in [0.15, 0.2) is 0 Å². The van der Waals surface area contributed by atoms with Gasteiger partial charge in [0.05, 0.1) is 17.6 Å². The summed E-state index contributed by atoms with van der Waals surface area (Å²) in [7, 11) is 1.84. The number of hydrogen-bond donors (Lipinski definition) is 1. The van der Waals surface area contributed by atoms with E-state index >= 15 is 0 Å². The molecule has 0 radical (unpaired) electrons. The highest BCUT2D eigenvalue weighted by molar-refractivity contribution is 6.30. The molecule has 1 N–H and O–H groups in total. The number of nitrogens with one attached hydrogen (secondary N) is 1. The van der Waals surface area contributed by atoms with Crippen molar-refractivity contribution >= 4 is 17.1 Å². The molecule has 0 unspecified atom stereocenters. The topological polar surface area (TPSA) is 68.0 Å². The average Bonchev–Trinajstić information content (AvgIpc) is 3.12. The van der Waals surface area contributed by atoms with Crippen LogP contribution >= 0.6 is 11.6 Å². The van der Waals surface area contributed by atoms with Crippen LogP contribution in [0.5, 0.6) is 0 Å². The van der Waals surface area contributed by atoms with Crippen molar-refractivity contribution in [2.24, 2.45) is 7.05 Å². The predicted octanol–water partition coefficient (Wildman–Crippen LogP) is 2.74.